The topological polar surface area (TPSA) is 41.9 Å². The van der Waals surface area contributed by atoms with E-state index in [-0.39, 0.29) is 5.91 Å². The van der Waals surface area contributed by atoms with Crippen LogP contribution in [0.5, 0.6) is 5.75 Å². The predicted octanol–water partition coefficient (Wildman–Crippen LogP) is 9.01. The van der Waals surface area contributed by atoms with E-state index in [0.717, 1.165) is 21.2 Å². The number of hydrogen-bond acceptors (Lipinski definition) is 4. The molecule has 39 heavy (non-hydrogen) atoms. The Hall–Kier alpha value is -3.03. The molecule has 1 saturated heterocycles. The number of ether oxygens (including phenoxy) is 1. The molecule has 0 aliphatic carbocycles. The first kappa shape index (κ1) is 27.5. The van der Waals surface area contributed by atoms with Gasteiger partial charge in [-0.3, -0.25) is 14.7 Å². The molecule has 0 atom stereocenters. The summed E-state index contributed by atoms with van der Waals surface area (Å²) in [7, 11) is 0. The van der Waals surface area contributed by atoms with Gasteiger partial charge in [0.1, 0.15) is 12.4 Å². The standard InChI is InChI=1S/C31H23BrCl2N2O2S/c32-25-13-11-23(12-14-25)20-38-29-24(15-26(33)17-27(29)34)16-28-30(37)36(19-22-9-5-2-6-10-22)31(39-28)35-18-21-7-3-1-4-8-21/h1-17H,18-20H2/b28-16+,35-31?. The van der Waals surface area contributed by atoms with Crippen LogP contribution in [0.1, 0.15) is 22.3 Å². The van der Waals surface area contributed by atoms with Gasteiger partial charge in [-0.2, -0.15) is 0 Å². The Bertz CT molecular complexity index is 1530. The van der Waals surface area contributed by atoms with E-state index in [2.05, 4.69) is 15.9 Å². The van der Waals surface area contributed by atoms with Crippen molar-refractivity contribution in [2.45, 2.75) is 19.7 Å². The Morgan fingerprint density at radius 1 is 0.872 bits per heavy atom. The fourth-order valence-corrected chi connectivity index (χ4v) is 5.79. The fraction of sp³-hybridized carbons (Fsp3) is 0.0968. The van der Waals surface area contributed by atoms with Gasteiger partial charge in [0.05, 0.1) is 23.0 Å². The van der Waals surface area contributed by atoms with E-state index in [1.54, 1.807) is 23.1 Å². The first-order valence-electron chi connectivity index (χ1n) is 12.2. The van der Waals surface area contributed by atoms with E-state index in [1.165, 1.54) is 11.8 Å². The van der Waals surface area contributed by atoms with Crippen molar-refractivity contribution >= 4 is 68.0 Å². The van der Waals surface area contributed by atoms with Crippen LogP contribution in [-0.2, 0) is 24.5 Å². The fourth-order valence-electron chi connectivity index (χ4n) is 3.99. The third-order valence-electron chi connectivity index (χ3n) is 5.93. The quantitative estimate of drug-likeness (QED) is 0.181. The average Bonchev–Trinajstić information content (AvgIpc) is 3.22. The number of hydrogen-bond donors (Lipinski definition) is 0. The lowest BCUT2D eigenvalue weighted by atomic mass is 10.1. The Labute approximate surface area is 250 Å². The predicted molar refractivity (Wildman–Crippen MR) is 165 cm³/mol. The highest BCUT2D eigenvalue weighted by Gasteiger charge is 2.33. The molecule has 4 aromatic rings. The van der Waals surface area contributed by atoms with E-state index >= 15 is 0 Å². The molecule has 196 valence electrons. The SMILES string of the molecule is O=C1/C(=C\c2cc(Cl)cc(Cl)c2OCc2ccc(Br)cc2)SC(=NCc2ccccc2)N1Cc1ccccc1. The highest BCUT2D eigenvalue weighted by molar-refractivity contribution is 9.10. The number of carbonyl (C=O) groups excluding carboxylic acids is 1. The lowest BCUT2D eigenvalue weighted by Crippen LogP contribution is -2.28. The van der Waals surface area contributed by atoms with E-state index in [4.69, 9.17) is 32.9 Å². The molecule has 5 rings (SSSR count). The summed E-state index contributed by atoms with van der Waals surface area (Å²) in [6.07, 6.45) is 1.78. The number of carbonyl (C=O) groups is 1. The summed E-state index contributed by atoms with van der Waals surface area (Å²) in [6.45, 7) is 1.20. The van der Waals surface area contributed by atoms with Crippen LogP contribution in [0.15, 0.2) is 111 Å². The van der Waals surface area contributed by atoms with Crippen molar-refractivity contribution in [3.8, 4) is 5.75 Å². The molecule has 8 heteroatoms. The number of benzene rings is 4. The van der Waals surface area contributed by atoms with Crippen molar-refractivity contribution in [2.24, 2.45) is 4.99 Å². The number of aliphatic imine (C=N–C) groups is 1. The van der Waals surface area contributed by atoms with Crippen molar-refractivity contribution in [3.63, 3.8) is 0 Å². The molecule has 1 aliphatic rings. The van der Waals surface area contributed by atoms with Gasteiger partial charge in [-0.1, -0.05) is 112 Å². The molecule has 4 aromatic carbocycles. The largest absolute Gasteiger partial charge is 0.487 e. The molecular weight excluding hydrogens is 615 g/mol. The van der Waals surface area contributed by atoms with Crippen LogP contribution >= 0.6 is 50.9 Å². The van der Waals surface area contributed by atoms with Gasteiger partial charge in [-0.25, -0.2) is 0 Å². The summed E-state index contributed by atoms with van der Waals surface area (Å²) in [5.74, 6) is 0.333. The Morgan fingerprint density at radius 2 is 1.54 bits per heavy atom. The van der Waals surface area contributed by atoms with Crippen molar-refractivity contribution in [3.05, 3.63) is 139 Å². The smallest absolute Gasteiger partial charge is 0.267 e. The molecule has 1 fully saturated rings. The van der Waals surface area contributed by atoms with Crippen molar-refractivity contribution in [1.29, 1.82) is 0 Å². The normalized spacial score (nSPS) is 15.4. The van der Waals surface area contributed by atoms with Crippen LogP contribution in [0.3, 0.4) is 0 Å². The number of amides is 1. The van der Waals surface area contributed by atoms with Gasteiger partial charge >= 0.3 is 0 Å². The van der Waals surface area contributed by atoms with E-state index in [0.29, 0.717) is 51.1 Å². The minimum Gasteiger partial charge on any atom is -0.487 e. The molecule has 0 unspecified atom stereocenters. The van der Waals surface area contributed by atoms with E-state index < -0.39 is 0 Å². The number of halogens is 3. The third-order valence-corrected chi connectivity index (χ3v) is 8.00. The molecule has 0 bridgehead atoms. The maximum absolute atomic E-state index is 13.7. The van der Waals surface area contributed by atoms with Gasteiger partial charge in [-0.15, -0.1) is 0 Å². The Kier molecular flexibility index (Phi) is 9.09. The molecule has 0 radical (unpaired) electrons. The first-order valence-corrected chi connectivity index (χ1v) is 14.5. The van der Waals surface area contributed by atoms with Crippen molar-refractivity contribution < 1.29 is 9.53 Å². The molecule has 1 aliphatic heterocycles. The van der Waals surface area contributed by atoms with Gasteiger partial charge < -0.3 is 4.74 Å². The zero-order valence-corrected chi connectivity index (χ0v) is 24.6. The van der Waals surface area contributed by atoms with Gasteiger partial charge in [0.15, 0.2) is 5.17 Å². The number of amidine groups is 1. The van der Waals surface area contributed by atoms with Crippen LogP contribution in [0.25, 0.3) is 6.08 Å². The van der Waals surface area contributed by atoms with Crippen molar-refractivity contribution in [1.82, 2.24) is 4.90 Å². The van der Waals surface area contributed by atoms with Crippen LogP contribution in [-0.4, -0.2) is 16.0 Å². The second kappa shape index (κ2) is 12.9. The van der Waals surface area contributed by atoms with Gasteiger partial charge in [0.25, 0.3) is 5.91 Å². The minimum atomic E-state index is -0.134. The zero-order valence-electron chi connectivity index (χ0n) is 20.7. The summed E-state index contributed by atoms with van der Waals surface area (Å²) in [4.78, 5) is 20.7. The third kappa shape index (κ3) is 7.14. The minimum absolute atomic E-state index is 0.134. The molecule has 0 N–H and O–H groups in total. The molecule has 0 aromatic heterocycles. The summed E-state index contributed by atoms with van der Waals surface area (Å²) in [6, 6.07) is 31.1. The van der Waals surface area contributed by atoms with Gasteiger partial charge in [0.2, 0.25) is 0 Å². The van der Waals surface area contributed by atoms with Crippen LogP contribution in [0.2, 0.25) is 10.0 Å². The maximum Gasteiger partial charge on any atom is 0.267 e. The number of thioether (sulfide) groups is 1. The molecule has 1 heterocycles. The average molecular weight is 638 g/mol. The number of rotatable bonds is 8. The highest BCUT2D eigenvalue weighted by Crippen LogP contribution is 2.39. The molecule has 4 nitrogen and oxygen atoms in total. The Balaban J connectivity index is 1.46. The second-order valence-electron chi connectivity index (χ2n) is 8.79. The summed E-state index contributed by atoms with van der Waals surface area (Å²) in [5, 5.41) is 1.47. The zero-order chi connectivity index (χ0) is 27.2. The van der Waals surface area contributed by atoms with Crippen LogP contribution in [0.4, 0.5) is 0 Å². The van der Waals surface area contributed by atoms with Gasteiger partial charge in [0, 0.05) is 15.1 Å². The lowest BCUT2D eigenvalue weighted by molar-refractivity contribution is -0.122. The van der Waals surface area contributed by atoms with Gasteiger partial charge in [-0.05, 0) is 58.8 Å². The van der Waals surface area contributed by atoms with Crippen LogP contribution in [0, 0.1) is 0 Å². The van der Waals surface area contributed by atoms with Crippen molar-refractivity contribution in [2.75, 3.05) is 0 Å². The Morgan fingerprint density at radius 3 is 2.23 bits per heavy atom. The van der Waals surface area contributed by atoms with E-state index in [1.807, 2.05) is 84.9 Å². The summed E-state index contributed by atoms with van der Waals surface area (Å²) < 4.78 is 7.12. The van der Waals surface area contributed by atoms with E-state index in [9.17, 15) is 4.79 Å². The summed E-state index contributed by atoms with van der Waals surface area (Å²) >= 11 is 17.7. The lowest BCUT2D eigenvalue weighted by Gasteiger charge is -2.16. The second-order valence-corrected chi connectivity index (χ2v) is 11.6. The summed E-state index contributed by atoms with van der Waals surface area (Å²) in [5.41, 5.74) is 3.70. The molecule has 0 spiro atoms. The maximum atomic E-state index is 13.7. The molecule has 0 saturated carbocycles. The first-order chi connectivity index (χ1) is 19.0. The highest BCUT2D eigenvalue weighted by atomic mass is 79.9. The van der Waals surface area contributed by atoms with Crippen LogP contribution < -0.4 is 4.74 Å². The monoisotopic (exact) mass is 636 g/mol. The molecular formula is C31H23BrCl2N2O2S. The number of nitrogens with zero attached hydrogens (tertiary/aromatic N) is 2. The molecule has 1 amide bonds.